The summed E-state index contributed by atoms with van der Waals surface area (Å²) in [5.41, 5.74) is 0.732. The van der Waals surface area contributed by atoms with Crippen LogP contribution in [0.4, 0.5) is 10.4 Å². The van der Waals surface area contributed by atoms with Crippen LogP contribution in [0.3, 0.4) is 0 Å². The standard InChI is InChI=1S/C17H15ClFN5O2/c1-10-21-22-17(26-10)24-6-4-23(5-7-24)16(25)13-8-11-2-3-12(19)9-14(11)20-15(13)18/h2-3,8-9H,4-7H2,1H3. The number of piperazine rings is 1. The van der Waals surface area contributed by atoms with Crippen LogP contribution in [-0.4, -0.2) is 52.2 Å². The average molecular weight is 376 g/mol. The number of aryl methyl sites for hydroxylation is 1. The second-order valence-electron chi connectivity index (χ2n) is 6.05. The summed E-state index contributed by atoms with van der Waals surface area (Å²) < 4.78 is 18.7. The van der Waals surface area contributed by atoms with Crippen LogP contribution < -0.4 is 4.90 Å². The molecule has 0 spiro atoms. The molecule has 7 nitrogen and oxygen atoms in total. The van der Waals surface area contributed by atoms with E-state index in [-0.39, 0.29) is 11.1 Å². The Hall–Kier alpha value is -2.74. The van der Waals surface area contributed by atoms with Crippen molar-refractivity contribution in [3.05, 3.63) is 46.7 Å². The van der Waals surface area contributed by atoms with Gasteiger partial charge in [-0.1, -0.05) is 16.7 Å². The van der Waals surface area contributed by atoms with E-state index < -0.39 is 5.82 Å². The summed E-state index contributed by atoms with van der Waals surface area (Å²) in [5, 5.41) is 8.55. The molecule has 3 aromatic rings. The minimum Gasteiger partial charge on any atom is -0.408 e. The monoisotopic (exact) mass is 375 g/mol. The molecule has 0 atom stereocenters. The van der Waals surface area contributed by atoms with Crippen LogP contribution in [0.5, 0.6) is 0 Å². The SMILES string of the molecule is Cc1nnc(N2CCN(C(=O)c3cc4ccc(F)cc4nc3Cl)CC2)o1. The fourth-order valence-electron chi connectivity index (χ4n) is 2.95. The van der Waals surface area contributed by atoms with E-state index in [1.807, 2.05) is 4.90 Å². The van der Waals surface area contributed by atoms with E-state index in [1.165, 1.54) is 12.1 Å². The predicted molar refractivity (Wildman–Crippen MR) is 93.9 cm³/mol. The lowest BCUT2D eigenvalue weighted by molar-refractivity contribution is 0.0745. The number of hydrogen-bond acceptors (Lipinski definition) is 6. The van der Waals surface area contributed by atoms with Crippen LogP contribution in [0.25, 0.3) is 10.9 Å². The summed E-state index contributed by atoms with van der Waals surface area (Å²) in [6, 6.07) is 6.32. The van der Waals surface area contributed by atoms with Gasteiger partial charge >= 0.3 is 6.01 Å². The first-order valence-electron chi connectivity index (χ1n) is 8.11. The third kappa shape index (κ3) is 3.08. The number of pyridine rings is 1. The predicted octanol–water partition coefficient (Wildman–Crippen LogP) is 2.68. The molecule has 0 unspecified atom stereocenters. The Balaban J connectivity index is 1.52. The Morgan fingerprint density at radius 2 is 1.96 bits per heavy atom. The fraction of sp³-hybridized carbons (Fsp3) is 0.294. The van der Waals surface area contributed by atoms with Gasteiger partial charge in [-0.25, -0.2) is 9.37 Å². The van der Waals surface area contributed by atoms with Gasteiger partial charge in [-0.15, -0.1) is 5.10 Å². The van der Waals surface area contributed by atoms with Crippen LogP contribution in [0.1, 0.15) is 16.2 Å². The van der Waals surface area contributed by atoms with Crippen LogP contribution in [-0.2, 0) is 0 Å². The molecule has 3 heterocycles. The number of fused-ring (bicyclic) bond motifs is 1. The highest BCUT2D eigenvalue weighted by Crippen LogP contribution is 2.23. The normalized spacial score (nSPS) is 14.9. The van der Waals surface area contributed by atoms with Crippen molar-refractivity contribution < 1.29 is 13.6 Å². The lowest BCUT2D eigenvalue weighted by Gasteiger charge is -2.33. The molecule has 4 rings (SSSR count). The van der Waals surface area contributed by atoms with Crippen molar-refractivity contribution in [1.29, 1.82) is 0 Å². The minimum absolute atomic E-state index is 0.0723. The maximum Gasteiger partial charge on any atom is 0.318 e. The molecule has 0 N–H and O–H groups in total. The van der Waals surface area contributed by atoms with E-state index in [0.29, 0.717) is 54.6 Å². The van der Waals surface area contributed by atoms with Crippen LogP contribution in [0.2, 0.25) is 5.15 Å². The van der Waals surface area contributed by atoms with Crippen LogP contribution in [0.15, 0.2) is 28.7 Å². The van der Waals surface area contributed by atoms with Crippen LogP contribution in [0, 0.1) is 12.7 Å². The van der Waals surface area contributed by atoms with Gasteiger partial charge in [0, 0.05) is 44.6 Å². The Bertz CT molecular complexity index is 984. The van der Waals surface area contributed by atoms with Crippen LogP contribution >= 0.6 is 11.6 Å². The first-order chi connectivity index (χ1) is 12.5. The molecular weight excluding hydrogens is 361 g/mol. The summed E-state index contributed by atoms with van der Waals surface area (Å²) in [6.45, 7) is 3.89. The molecule has 1 aliphatic heterocycles. The van der Waals surface area contributed by atoms with Crippen molar-refractivity contribution in [2.75, 3.05) is 31.1 Å². The Morgan fingerprint density at radius 3 is 2.65 bits per heavy atom. The second kappa shape index (κ2) is 6.53. The number of benzene rings is 1. The molecule has 0 radical (unpaired) electrons. The number of anilines is 1. The first kappa shape index (κ1) is 16.7. The molecule has 0 aliphatic carbocycles. The number of carbonyl (C=O) groups excluding carboxylic acids is 1. The van der Waals surface area contributed by atoms with Gasteiger partial charge in [-0.2, -0.15) is 0 Å². The number of halogens is 2. The second-order valence-corrected chi connectivity index (χ2v) is 6.40. The smallest absolute Gasteiger partial charge is 0.318 e. The number of aromatic nitrogens is 3. The summed E-state index contributed by atoms with van der Waals surface area (Å²) in [7, 11) is 0. The van der Waals surface area contributed by atoms with Gasteiger partial charge in [0.25, 0.3) is 5.91 Å². The molecule has 1 aromatic carbocycles. The lowest BCUT2D eigenvalue weighted by Crippen LogP contribution is -2.49. The van der Waals surface area contributed by atoms with Gasteiger partial charge < -0.3 is 14.2 Å². The van der Waals surface area contributed by atoms with E-state index in [4.69, 9.17) is 16.0 Å². The third-order valence-electron chi connectivity index (χ3n) is 4.32. The summed E-state index contributed by atoms with van der Waals surface area (Å²) in [4.78, 5) is 20.6. The molecule has 1 aliphatic rings. The number of nitrogens with zero attached hydrogens (tertiary/aromatic N) is 5. The largest absolute Gasteiger partial charge is 0.408 e. The van der Waals surface area contributed by atoms with E-state index in [0.717, 1.165) is 0 Å². The summed E-state index contributed by atoms with van der Waals surface area (Å²) in [5.74, 6) is -0.0911. The number of rotatable bonds is 2. The molecule has 0 bridgehead atoms. The zero-order chi connectivity index (χ0) is 18.3. The highest BCUT2D eigenvalue weighted by molar-refractivity contribution is 6.33. The van der Waals surface area contributed by atoms with Gasteiger partial charge in [0.2, 0.25) is 5.89 Å². The molecule has 1 saturated heterocycles. The van der Waals surface area contributed by atoms with E-state index in [2.05, 4.69) is 15.2 Å². The molecular formula is C17H15ClFN5O2. The Kier molecular flexibility index (Phi) is 4.20. The molecule has 134 valence electrons. The van der Waals surface area contributed by atoms with Gasteiger partial charge in [0.15, 0.2) is 0 Å². The van der Waals surface area contributed by atoms with E-state index >= 15 is 0 Å². The van der Waals surface area contributed by atoms with Crippen molar-refractivity contribution in [2.24, 2.45) is 0 Å². The van der Waals surface area contributed by atoms with E-state index in [9.17, 15) is 9.18 Å². The fourth-order valence-corrected chi connectivity index (χ4v) is 3.18. The van der Waals surface area contributed by atoms with Gasteiger partial charge in [0.05, 0.1) is 11.1 Å². The third-order valence-corrected chi connectivity index (χ3v) is 4.60. The lowest BCUT2D eigenvalue weighted by atomic mass is 10.1. The maximum atomic E-state index is 13.3. The zero-order valence-corrected chi connectivity index (χ0v) is 14.7. The molecule has 2 aromatic heterocycles. The van der Waals surface area contributed by atoms with Gasteiger partial charge in [0.1, 0.15) is 11.0 Å². The average Bonchev–Trinajstić information content (AvgIpc) is 3.07. The Labute approximate surface area is 153 Å². The highest BCUT2D eigenvalue weighted by Gasteiger charge is 2.26. The Morgan fingerprint density at radius 1 is 1.19 bits per heavy atom. The summed E-state index contributed by atoms with van der Waals surface area (Å²) >= 11 is 6.17. The van der Waals surface area contributed by atoms with Crippen molar-refractivity contribution >= 4 is 34.4 Å². The maximum absolute atomic E-state index is 13.3. The molecule has 0 saturated carbocycles. The van der Waals surface area contributed by atoms with Gasteiger partial charge in [-0.05, 0) is 18.2 Å². The van der Waals surface area contributed by atoms with Crippen molar-refractivity contribution in [3.8, 4) is 0 Å². The number of carbonyl (C=O) groups is 1. The van der Waals surface area contributed by atoms with Crippen molar-refractivity contribution in [1.82, 2.24) is 20.1 Å². The summed E-state index contributed by atoms with van der Waals surface area (Å²) in [6.07, 6.45) is 0. The highest BCUT2D eigenvalue weighted by atomic mass is 35.5. The zero-order valence-electron chi connectivity index (χ0n) is 13.9. The van der Waals surface area contributed by atoms with Crippen molar-refractivity contribution in [3.63, 3.8) is 0 Å². The molecule has 26 heavy (non-hydrogen) atoms. The first-order valence-corrected chi connectivity index (χ1v) is 8.49. The number of hydrogen-bond donors (Lipinski definition) is 0. The topological polar surface area (TPSA) is 75.4 Å². The molecule has 1 fully saturated rings. The van der Waals surface area contributed by atoms with Gasteiger partial charge in [-0.3, -0.25) is 4.79 Å². The van der Waals surface area contributed by atoms with Crippen molar-refractivity contribution in [2.45, 2.75) is 6.92 Å². The molecule has 9 heteroatoms. The quantitative estimate of drug-likeness (QED) is 0.641. The minimum atomic E-state index is -0.396. The molecule has 1 amide bonds. The number of amides is 1. The van der Waals surface area contributed by atoms with E-state index in [1.54, 1.807) is 24.0 Å².